The van der Waals surface area contributed by atoms with Crippen LogP contribution in [0.4, 0.5) is 0 Å². The van der Waals surface area contributed by atoms with Gasteiger partial charge in [0.15, 0.2) is 11.9 Å². The number of hydrogen-bond acceptors (Lipinski definition) is 10. The molecule has 16 N–H and O–H groups in total. The summed E-state index contributed by atoms with van der Waals surface area (Å²) in [6, 6.07) is -5.55. The van der Waals surface area contributed by atoms with Crippen LogP contribution in [0.15, 0.2) is 9.98 Å². The van der Waals surface area contributed by atoms with E-state index in [1.165, 1.54) is 0 Å². The molecule has 19 nitrogen and oxygen atoms in total. The molecule has 0 heterocycles. The average Bonchev–Trinajstić information content (AvgIpc) is 3.03. The normalized spacial score (nSPS) is 14.5. The number of hydrogen-bond donors (Lipinski definition) is 12. The molecule has 0 aliphatic rings. The maximum Gasteiger partial charge on any atom is 0.326 e. The Morgan fingerprint density at radius 3 is 1.63 bits per heavy atom. The van der Waals surface area contributed by atoms with Crippen LogP contribution in [0.1, 0.15) is 66.2 Å². The van der Waals surface area contributed by atoms with Gasteiger partial charge in [-0.1, -0.05) is 34.1 Å². The summed E-state index contributed by atoms with van der Waals surface area (Å²) in [7, 11) is 0. The van der Waals surface area contributed by atoms with Crippen LogP contribution in [0, 0.1) is 11.8 Å². The van der Waals surface area contributed by atoms with Crippen LogP contribution in [0.2, 0.25) is 0 Å². The summed E-state index contributed by atoms with van der Waals surface area (Å²) in [5.41, 5.74) is 27.4. The third-order valence-electron chi connectivity index (χ3n) is 7.30. The van der Waals surface area contributed by atoms with E-state index in [0.717, 1.165) is 0 Å². The lowest BCUT2D eigenvalue weighted by molar-refractivity contribution is -0.142. The van der Waals surface area contributed by atoms with E-state index < -0.39 is 72.3 Å². The Morgan fingerprint density at radius 2 is 1.18 bits per heavy atom. The van der Waals surface area contributed by atoms with Crippen molar-refractivity contribution in [2.75, 3.05) is 25.4 Å². The molecule has 6 atom stereocenters. The second-order valence-electron chi connectivity index (χ2n) is 12.0. The van der Waals surface area contributed by atoms with Crippen molar-refractivity contribution in [1.82, 2.24) is 26.6 Å². The van der Waals surface area contributed by atoms with Gasteiger partial charge in [-0.3, -0.25) is 34.0 Å². The number of carboxylic acids is 1. The number of amides is 5. The van der Waals surface area contributed by atoms with Crippen molar-refractivity contribution in [2.24, 2.45) is 50.5 Å². The summed E-state index contributed by atoms with van der Waals surface area (Å²) in [6.07, 6.45) is 1.56. The fourth-order valence-corrected chi connectivity index (χ4v) is 4.55. The van der Waals surface area contributed by atoms with Gasteiger partial charge in [0.2, 0.25) is 29.5 Å². The lowest BCUT2D eigenvalue weighted by Crippen LogP contribution is -2.57. The molecule has 5 amide bonds. The number of nitrogens with one attached hydrogen (secondary N) is 5. The molecule has 0 aromatic carbocycles. The van der Waals surface area contributed by atoms with Crippen molar-refractivity contribution >= 4 is 60.1 Å². The lowest BCUT2D eigenvalue weighted by Gasteiger charge is -2.25. The highest BCUT2D eigenvalue weighted by atomic mass is 32.1. The number of aliphatic imine (C=N–C) groups is 2. The van der Waals surface area contributed by atoms with Crippen LogP contribution in [-0.2, 0) is 28.8 Å². The van der Waals surface area contributed by atoms with Gasteiger partial charge in [-0.05, 0) is 43.9 Å². The zero-order chi connectivity index (χ0) is 37.7. The van der Waals surface area contributed by atoms with Crippen LogP contribution in [0.3, 0.4) is 0 Å². The van der Waals surface area contributed by atoms with Gasteiger partial charge >= 0.3 is 5.97 Å². The van der Waals surface area contributed by atoms with E-state index in [4.69, 9.17) is 28.7 Å². The van der Waals surface area contributed by atoms with Crippen LogP contribution in [-0.4, -0.2) is 108 Å². The van der Waals surface area contributed by atoms with Gasteiger partial charge in [0.25, 0.3) is 0 Å². The third kappa shape index (κ3) is 19.3. The molecule has 0 aliphatic carbocycles. The highest BCUT2D eigenvalue weighted by Gasteiger charge is 2.30. The standard InChI is InChI=1S/C29H56N12O7S/c1-5-16(4)22(30)26(46)40-17(8-6-10-35-28(31)32)23(43)37-13-21(42)38-20(14-49)25(45)39-18(9-7-11-36-29(33)34)24(44)41-19(27(47)48)12-15(2)3/h15-20,22,49H,5-14,30H2,1-4H3,(H,37,43)(H,38,42)(H,39,45)(H,40,46)(H,41,44)(H,47,48)(H4,31,32,35)(H4,33,34,36)/t16-,17-,18-,19-,20-,22-/m0/s1. The molecule has 0 bridgehead atoms. The Labute approximate surface area is 292 Å². The van der Waals surface area contributed by atoms with Crippen molar-refractivity contribution < 1.29 is 33.9 Å². The van der Waals surface area contributed by atoms with Crippen LogP contribution >= 0.6 is 12.6 Å². The van der Waals surface area contributed by atoms with E-state index in [2.05, 4.69) is 49.2 Å². The van der Waals surface area contributed by atoms with Gasteiger partial charge in [0.05, 0.1) is 12.6 Å². The molecule has 0 aromatic rings. The summed E-state index contributed by atoms with van der Waals surface area (Å²) in [4.78, 5) is 84.2. The first kappa shape index (κ1) is 44.7. The molecule has 0 aromatic heterocycles. The maximum absolute atomic E-state index is 13.2. The Balaban J connectivity index is 5.58. The van der Waals surface area contributed by atoms with Crippen LogP contribution in [0.5, 0.6) is 0 Å². The monoisotopic (exact) mass is 716 g/mol. The number of thiol groups is 1. The van der Waals surface area contributed by atoms with Crippen molar-refractivity contribution in [2.45, 2.75) is 96.4 Å². The highest BCUT2D eigenvalue weighted by Crippen LogP contribution is 2.09. The number of carbonyl (C=O) groups excluding carboxylic acids is 5. The average molecular weight is 717 g/mol. The molecule has 280 valence electrons. The minimum absolute atomic E-state index is 0.0425. The predicted molar refractivity (Wildman–Crippen MR) is 189 cm³/mol. The van der Waals surface area contributed by atoms with E-state index in [1.807, 2.05) is 6.92 Å². The molecule has 20 heteroatoms. The van der Waals surface area contributed by atoms with Crippen molar-refractivity contribution in [3.05, 3.63) is 0 Å². The van der Waals surface area contributed by atoms with E-state index in [-0.39, 0.29) is 68.3 Å². The largest absolute Gasteiger partial charge is 0.480 e. The molecule has 0 unspecified atom stereocenters. The third-order valence-corrected chi connectivity index (χ3v) is 7.66. The van der Waals surface area contributed by atoms with Crippen molar-refractivity contribution in [1.29, 1.82) is 0 Å². The Morgan fingerprint density at radius 1 is 0.714 bits per heavy atom. The van der Waals surface area contributed by atoms with E-state index in [1.54, 1.807) is 20.8 Å². The molecule has 49 heavy (non-hydrogen) atoms. The molecule has 0 aliphatic heterocycles. The van der Waals surface area contributed by atoms with Crippen LogP contribution < -0.4 is 55.3 Å². The summed E-state index contributed by atoms with van der Waals surface area (Å²) < 4.78 is 0. The summed E-state index contributed by atoms with van der Waals surface area (Å²) in [6.45, 7) is 7.05. The lowest BCUT2D eigenvalue weighted by atomic mass is 9.98. The molecular formula is C29H56N12O7S. The maximum atomic E-state index is 13.2. The second kappa shape index (κ2) is 23.9. The fraction of sp³-hybridized carbons (Fsp3) is 0.724. The Hall–Kier alpha value is -4.33. The van der Waals surface area contributed by atoms with Gasteiger partial charge in [-0.2, -0.15) is 12.6 Å². The number of guanidine groups is 2. The fourth-order valence-electron chi connectivity index (χ4n) is 4.29. The van der Waals surface area contributed by atoms with Gasteiger partial charge in [-0.15, -0.1) is 0 Å². The highest BCUT2D eigenvalue weighted by molar-refractivity contribution is 7.80. The SMILES string of the molecule is CC[C@H](C)[C@H](N)C(=O)N[C@@H](CCCN=C(N)N)C(=O)NCC(=O)N[C@@H](CS)C(=O)N[C@@H](CCCN=C(N)N)C(=O)N[C@@H](CC(C)C)C(=O)O. The molecular weight excluding hydrogens is 660 g/mol. The second-order valence-corrected chi connectivity index (χ2v) is 12.3. The van der Waals surface area contributed by atoms with Crippen LogP contribution in [0.25, 0.3) is 0 Å². The van der Waals surface area contributed by atoms with Gasteiger partial charge in [0.1, 0.15) is 24.2 Å². The molecule has 0 radical (unpaired) electrons. The van der Waals surface area contributed by atoms with E-state index in [0.29, 0.717) is 12.8 Å². The topological polar surface area (TPSA) is 338 Å². The number of aliphatic carboxylic acids is 1. The first-order valence-electron chi connectivity index (χ1n) is 16.1. The molecule has 0 fully saturated rings. The Bertz CT molecular complexity index is 1160. The Kier molecular flexibility index (Phi) is 21.8. The molecule has 0 saturated carbocycles. The van der Waals surface area contributed by atoms with E-state index in [9.17, 15) is 33.9 Å². The van der Waals surface area contributed by atoms with Crippen molar-refractivity contribution in [3.63, 3.8) is 0 Å². The van der Waals surface area contributed by atoms with Crippen molar-refractivity contribution in [3.8, 4) is 0 Å². The van der Waals surface area contributed by atoms with Gasteiger partial charge < -0.3 is 60.4 Å². The molecule has 0 saturated heterocycles. The first-order valence-corrected chi connectivity index (χ1v) is 16.7. The number of carboxylic acid groups (broad SMARTS) is 1. The minimum Gasteiger partial charge on any atom is -0.480 e. The smallest absolute Gasteiger partial charge is 0.326 e. The first-order chi connectivity index (χ1) is 22.9. The predicted octanol–water partition coefficient (Wildman–Crippen LogP) is -3.42. The number of nitrogens with zero attached hydrogens (tertiary/aromatic N) is 2. The van der Waals surface area contributed by atoms with E-state index >= 15 is 0 Å². The van der Waals surface area contributed by atoms with Gasteiger partial charge in [0, 0.05) is 18.8 Å². The minimum atomic E-state index is -1.24. The zero-order valence-electron chi connectivity index (χ0n) is 28.7. The van der Waals surface area contributed by atoms with Gasteiger partial charge in [-0.25, -0.2) is 4.79 Å². The quantitative estimate of drug-likeness (QED) is 0.0201. The zero-order valence-corrected chi connectivity index (χ0v) is 29.6. The molecule has 0 spiro atoms. The summed E-state index contributed by atoms with van der Waals surface area (Å²) in [5.74, 6) is -5.40. The summed E-state index contributed by atoms with van der Waals surface area (Å²) >= 11 is 4.14. The number of rotatable bonds is 24. The summed E-state index contributed by atoms with van der Waals surface area (Å²) in [5, 5.41) is 22.0. The molecule has 0 rings (SSSR count). The number of carbonyl (C=O) groups is 6. The number of nitrogens with two attached hydrogens (primary N) is 5.